The number of benzene rings is 1. The van der Waals surface area contributed by atoms with Crippen LogP contribution in [0.3, 0.4) is 0 Å². The predicted octanol–water partition coefficient (Wildman–Crippen LogP) is 4.24. The van der Waals surface area contributed by atoms with Gasteiger partial charge in [-0.2, -0.15) is 0 Å². The van der Waals surface area contributed by atoms with E-state index in [1.54, 1.807) is 0 Å². The normalized spacial score (nSPS) is 10.5. The van der Waals surface area contributed by atoms with Gasteiger partial charge in [0.15, 0.2) is 0 Å². The second kappa shape index (κ2) is 5.28. The van der Waals surface area contributed by atoms with E-state index in [0.29, 0.717) is 0 Å². The lowest BCUT2D eigenvalue weighted by atomic mass is 10.0. The molecule has 17 heavy (non-hydrogen) atoms. The minimum Gasteiger partial charge on any atom is -0.288 e. The van der Waals surface area contributed by atoms with Gasteiger partial charge in [0, 0.05) is 5.56 Å². The maximum atomic E-state index is 12.3. The smallest absolute Gasteiger partial charge is 0.203 e. The van der Waals surface area contributed by atoms with E-state index >= 15 is 0 Å². The van der Waals surface area contributed by atoms with Crippen molar-refractivity contribution in [1.82, 2.24) is 0 Å². The monoisotopic (exact) mass is 244 g/mol. The Hall–Kier alpha value is -1.41. The lowest BCUT2D eigenvalue weighted by Crippen LogP contribution is -2.01. The summed E-state index contributed by atoms with van der Waals surface area (Å²) in [5, 5.41) is 1.97. The quantitative estimate of drug-likeness (QED) is 0.735. The molecule has 88 valence electrons. The molecule has 0 N–H and O–H groups in total. The summed E-state index contributed by atoms with van der Waals surface area (Å²) in [4.78, 5) is 13.2. The van der Waals surface area contributed by atoms with Gasteiger partial charge in [-0.1, -0.05) is 31.5 Å². The molecule has 0 aliphatic rings. The lowest BCUT2D eigenvalue weighted by molar-refractivity contribution is 0.104. The summed E-state index contributed by atoms with van der Waals surface area (Å²) < 4.78 is 0. The van der Waals surface area contributed by atoms with E-state index in [-0.39, 0.29) is 5.78 Å². The maximum absolute atomic E-state index is 12.3. The zero-order chi connectivity index (χ0) is 12.3. The Morgan fingerprint density at radius 3 is 2.76 bits per heavy atom. The third kappa shape index (κ3) is 2.64. The van der Waals surface area contributed by atoms with Gasteiger partial charge >= 0.3 is 0 Å². The minimum absolute atomic E-state index is 0.149. The van der Waals surface area contributed by atoms with Crippen LogP contribution >= 0.6 is 11.3 Å². The standard InChI is InChI=1S/C15H16OS/c1-3-5-12-6-4-7-13(10-12)14(16)15-11(2)8-9-17-15/h4,6-10H,3,5H2,1-2H3. The van der Waals surface area contributed by atoms with Gasteiger partial charge in [0.1, 0.15) is 0 Å². The highest BCUT2D eigenvalue weighted by Gasteiger charge is 2.13. The van der Waals surface area contributed by atoms with E-state index in [1.165, 1.54) is 16.9 Å². The highest BCUT2D eigenvalue weighted by molar-refractivity contribution is 7.12. The summed E-state index contributed by atoms with van der Waals surface area (Å²) in [6.45, 7) is 4.14. The van der Waals surface area contributed by atoms with Crippen LogP contribution in [0, 0.1) is 6.92 Å². The molecule has 1 nitrogen and oxygen atoms in total. The largest absolute Gasteiger partial charge is 0.288 e. The number of rotatable bonds is 4. The first kappa shape index (κ1) is 12.1. The summed E-state index contributed by atoms with van der Waals surface area (Å²) >= 11 is 1.52. The first-order chi connectivity index (χ1) is 8.22. The fraction of sp³-hybridized carbons (Fsp3) is 0.267. The molecule has 0 unspecified atom stereocenters. The molecule has 0 aliphatic carbocycles. The summed E-state index contributed by atoms with van der Waals surface area (Å²) in [6, 6.07) is 9.97. The van der Waals surface area contributed by atoms with Crippen LogP contribution in [0.25, 0.3) is 0 Å². The Balaban J connectivity index is 2.31. The van der Waals surface area contributed by atoms with Crippen molar-refractivity contribution in [1.29, 1.82) is 0 Å². The van der Waals surface area contributed by atoms with Crippen LogP contribution in [0.15, 0.2) is 35.7 Å². The zero-order valence-electron chi connectivity index (χ0n) is 10.2. The van der Waals surface area contributed by atoms with Crippen molar-refractivity contribution in [2.45, 2.75) is 26.7 Å². The molecule has 0 amide bonds. The van der Waals surface area contributed by atoms with E-state index in [4.69, 9.17) is 0 Å². The Kier molecular flexibility index (Phi) is 3.75. The van der Waals surface area contributed by atoms with Gasteiger partial charge in [0.25, 0.3) is 0 Å². The van der Waals surface area contributed by atoms with Crippen LogP contribution < -0.4 is 0 Å². The van der Waals surface area contributed by atoms with Crippen molar-refractivity contribution in [3.8, 4) is 0 Å². The van der Waals surface area contributed by atoms with Crippen LogP contribution in [0.4, 0.5) is 0 Å². The van der Waals surface area contributed by atoms with Crippen molar-refractivity contribution in [2.75, 3.05) is 0 Å². The molecule has 1 heterocycles. The van der Waals surface area contributed by atoms with Crippen molar-refractivity contribution in [3.05, 3.63) is 57.3 Å². The number of ketones is 1. The second-order valence-electron chi connectivity index (χ2n) is 4.21. The molecule has 0 aliphatic heterocycles. The predicted molar refractivity (Wildman–Crippen MR) is 72.9 cm³/mol. The second-order valence-corrected chi connectivity index (χ2v) is 5.13. The number of thiophene rings is 1. The van der Waals surface area contributed by atoms with Crippen molar-refractivity contribution in [3.63, 3.8) is 0 Å². The SMILES string of the molecule is CCCc1cccc(C(=O)c2sccc2C)c1. The Labute approximate surface area is 106 Å². The average Bonchev–Trinajstić information content (AvgIpc) is 2.75. The van der Waals surface area contributed by atoms with Crippen molar-refractivity contribution < 1.29 is 4.79 Å². The summed E-state index contributed by atoms with van der Waals surface area (Å²) in [7, 11) is 0. The van der Waals surface area contributed by atoms with Crippen LogP contribution in [-0.2, 0) is 6.42 Å². The molecular weight excluding hydrogens is 228 g/mol. The lowest BCUT2D eigenvalue weighted by Gasteiger charge is -2.03. The van der Waals surface area contributed by atoms with Gasteiger partial charge in [-0.25, -0.2) is 0 Å². The van der Waals surface area contributed by atoms with Gasteiger partial charge in [-0.15, -0.1) is 11.3 Å². The average molecular weight is 244 g/mol. The molecule has 0 saturated heterocycles. The number of carbonyl (C=O) groups excluding carboxylic acids is 1. The molecular formula is C15H16OS. The van der Waals surface area contributed by atoms with E-state index in [1.807, 2.05) is 36.6 Å². The third-order valence-corrected chi connectivity index (χ3v) is 3.81. The number of aryl methyl sites for hydroxylation is 2. The maximum Gasteiger partial charge on any atom is 0.203 e. The summed E-state index contributed by atoms with van der Waals surface area (Å²) in [5.41, 5.74) is 3.12. The highest BCUT2D eigenvalue weighted by atomic mass is 32.1. The molecule has 0 atom stereocenters. The zero-order valence-corrected chi connectivity index (χ0v) is 11.0. The number of hydrogen-bond acceptors (Lipinski definition) is 2. The Bertz CT molecular complexity index is 525. The first-order valence-corrected chi connectivity index (χ1v) is 6.78. The van der Waals surface area contributed by atoms with E-state index in [9.17, 15) is 4.79 Å². The van der Waals surface area contributed by atoms with Gasteiger partial charge in [-0.3, -0.25) is 4.79 Å². The topological polar surface area (TPSA) is 17.1 Å². The molecule has 0 radical (unpaired) electrons. The van der Waals surface area contributed by atoms with Gasteiger partial charge in [0.05, 0.1) is 4.88 Å². The van der Waals surface area contributed by atoms with Gasteiger partial charge in [0.2, 0.25) is 5.78 Å². The molecule has 0 fully saturated rings. The molecule has 1 aromatic heterocycles. The first-order valence-electron chi connectivity index (χ1n) is 5.90. The molecule has 0 bridgehead atoms. The van der Waals surface area contributed by atoms with Crippen LogP contribution in [-0.4, -0.2) is 5.78 Å². The van der Waals surface area contributed by atoms with Crippen LogP contribution in [0.5, 0.6) is 0 Å². The summed E-state index contributed by atoms with van der Waals surface area (Å²) in [5.74, 6) is 0.149. The molecule has 0 spiro atoms. The van der Waals surface area contributed by atoms with Gasteiger partial charge < -0.3 is 0 Å². The fourth-order valence-corrected chi connectivity index (χ4v) is 2.78. The Morgan fingerprint density at radius 2 is 2.12 bits per heavy atom. The molecule has 0 saturated carbocycles. The fourth-order valence-electron chi connectivity index (χ4n) is 1.89. The molecule has 2 rings (SSSR count). The van der Waals surface area contributed by atoms with E-state index in [0.717, 1.165) is 28.8 Å². The third-order valence-electron chi connectivity index (χ3n) is 2.80. The van der Waals surface area contributed by atoms with Crippen molar-refractivity contribution >= 4 is 17.1 Å². The number of hydrogen-bond donors (Lipinski definition) is 0. The molecule has 2 aromatic rings. The van der Waals surface area contributed by atoms with E-state index < -0.39 is 0 Å². The van der Waals surface area contributed by atoms with Crippen LogP contribution in [0.2, 0.25) is 0 Å². The molecule has 1 aromatic carbocycles. The number of carbonyl (C=O) groups is 1. The van der Waals surface area contributed by atoms with E-state index in [2.05, 4.69) is 13.0 Å². The van der Waals surface area contributed by atoms with Crippen molar-refractivity contribution in [2.24, 2.45) is 0 Å². The highest BCUT2D eigenvalue weighted by Crippen LogP contribution is 2.20. The summed E-state index contributed by atoms with van der Waals surface area (Å²) in [6.07, 6.45) is 2.14. The Morgan fingerprint density at radius 1 is 1.29 bits per heavy atom. The van der Waals surface area contributed by atoms with Gasteiger partial charge in [-0.05, 0) is 42.0 Å². The molecule has 2 heteroatoms. The van der Waals surface area contributed by atoms with Crippen LogP contribution in [0.1, 0.15) is 39.7 Å². The minimum atomic E-state index is 0.149.